The molecule has 7 heteroatoms. The summed E-state index contributed by atoms with van der Waals surface area (Å²) in [6.45, 7) is 11.9. The summed E-state index contributed by atoms with van der Waals surface area (Å²) < 4.78 is 5.40. The summed E-state index contributed by atoms with van der Waals surface area (Å²) in [4.78, 5) is 7.23. The van der Waals surface area contributed by atoms with Crippen molar-refractivity contribution in [2.75, 3.05) is 13.1 Å². The van der Waals surface area contributed by atoms with Crippen LogP contribution in [-0.2, 0) is 13.1 Å². The smallest absolute Gasteiger partial charge is 0.191 e. The highest BCUT2D eigenvalue weighted by Crippen LogP contribution is 2.20. The molecule has 0 spiro atoms. The summed E-state index contributed by atoms with van der Waals surface area (Å²) >= 11 is 0. The van der Waals surface area contributed by atoms with Crippen LogP contribution < -0.4 is 10.6 Å². The van der Waals surface area contributed by atoms with Crippen LogP contribution in [0.2, 0.25) is 0 Å². The van der Waals surface area contributed by atoms with Gasteiger partial charge in [-0.3, -0.25) is 4.90 Å². The van der Waals surface area contributed by atoms with Gasteiger partial charge in [0, 0.05) is 37.8 Å². The summed E-state index contributed by atoms with van der Waals surface area (Å²) in [6.07, 6.45) is 1.11. The second kappa shape index (κ2) is 11.5. The van der Waals surface area contributed by atoms with Gasteiger partial charge < -0.3 is 15.2 Å². The van der Waals surface area contributed by atoms with Gasteiger partial charge in [0.15, 0.2) is 11.7 Å². The van der Waals surface area contributed by atoms with E-state index in [9.17, 15) is 0 Å². The van der Waals surface area contributed by atoms with Crippen molar-refractivity contribution < 1.29 is 4.52 Å². The average molecular weight is 511 g/mol. The summed E-state index contributed by atoms with van der Waals surface area (Å²) in [5.41, 5.74) is 2.34. The van der Waals surface area contributed by atoms with Crippen LogP contribution in [0.3, 0.4) is 0 Å². The molecule has 0 saturated carbocycles. The third kappa shape index (κ3) is 6.99. The number of halogens is 1. The fourth-order valence-corrected chi connectivity index (χ4v) is 3.59. The highest BCUT2D eigenvalue weighted by Gasteiger charge is 2.29. The zero-order valence-corrected chi connectivity index (χ0v) is 20.2. The number of benzene rings is 1. The van der Waals surface area contributed by atoms with Crippen LogP contribution >= 0.6 is 24.0 Å². The molecule has 3 rings (SSSR count). The summed E-state index contributed by atoms with van der Waals surface area (Å²) in [7, 11) is 0. The normalized spacial score (nSPS) is 20.0. The van der Waals surface area contributed by atoms with Gasteiger partial charge in [0.2, 0.25) is 0 Å². The van der Waals surface area contributed by atoms with E-state index in [-0.39, 0.29) is 24.0 Å². The van der Waals surface area contributed by atoms with Gasteiger partial charge in [-0.2, -0.15) is 0 Å². The predicted octanol–water partition coefficient (Wildman–Crippen LogP) is 4.13. The quantitative estimate of drug-likeness (QED) is 0.333. The molecule has 0 amide bonds. The van der Waals surface area contributed by atoms with E-state index >= 15 is 0 Å². The minimum Gasteiger partial charge on any atom is -0.359 e. The predicted molar refractivity (Wildman–Crippen MR) is 129 cm³/mol. The number of rotatable bonds is 7. The maximum absolute atomic E-state index is 5.40. The first-order valence-electron chi connectivity index (χ1n) is 10.3. The van der Waals surface area contributed by atoms with Gasteiger partial charge in [-0.05, 0) is 31.7 Å². The minimum absolute atomic E-state index is 0. The lowest BCUT2D eigenvalue weighted by atomic mass is 10.1. The lowest BCUT2D eigenvalue weighted by molar-refractivity contribution is 0.258. The lowest BCUT2D eigenvalue weighted by Crippen LogP contribution is -2.44. The Morgan fingerprint density at radius 1 is 1.31 bits per heavy atom. The van der Waals surface area contributed by atoms with Crippen molar-refractivity contribution in [1.82, 2.24) is 20.7 Å². The Morgan fingerprint density at radius 3 is 2.72 bits per heavy atom. The largest absolute Gasteiger partial charge is 0.359 e. The first-order chi connectivity index (χ1) is 13.5. The summed E-state index contributed by atoms with van der Waals surface area (Å²) in [5.74, 6) is 2.00. The molecule has 1 aromatic heterocycles. The minimum atomic E-state index is 0. The Balaban J connectivity index is 0.00000300. The molecular weight excluding hydrogens is 477 g/mol. The maximum atomic E-state index is 5.40. The molecule has 2 unspecified atom stereocenters. The SMILES string of the molecule is CCNC(=NCc1cc(C(C)C)no1)NC1CC(C)N(Cc2ccccc2)C1.I. The van der Waals surface area contributed by atoms with Gasteiger partial charge >= 0.3 is 0 Å². The maximum Gasteiger partial charge on any atom is 0.191 e. The first-order valence-corrected chi connectivity index (χ1v) is 10.3. The summed E-state index contributed by atoms with van der Waals surface area (Å²) in [5, 5.41) is 11.1. The van der Waals surface area contributed by atoms with Crippen LogP contribution in [0.4, 0.5) is 0 Å². The van der Waals surface area contributed by atoms with Crippen molar-refractivity contribution >= 4 is 29.9 Å². The van der Waals surface area contributed by atoms with E-state index in [0.29, 0.717) is 24.5 Å². The number of hydrogen-bond donors (Lipinski definition) is 2. The topological polar surface area (TPSA) is 65.7 Å². The van der Waals surface area contributed by atoms with E-state index in [1.54, 1.807) is 0 Å². The van der Waals surface area contributed by atoms with Crippen molar-refractivity contribution in [3.8, 4) is 0 Å². The molecule has 1 aliphatic rings. The molecule has 0 aliphatic carbocycles. The molecule has 1 aromatic carbocycles. The number of aromatic nitrogens is 1. The molecular formula is C22H34IN5O. The Hall–Kier alpha value is -1.61. The van der Waals surface area contributed by atoms with Gasteiger partial charge in [-0.25, -0.2) is 4.99 Å². The standard InChI is InChI=1S/C22H33N5O.HI/c1-5-23-22(24-13-20-12-21(16(2)3)26-28-20)25-19-11-17(4)27(15-19)14-18-9-7-6-8-10-18;/h6-10,12,16-17,19H,5,11,13-15H2,1-4H3,(H2,23,24,25);1H. The number of guanidine groups is 1. The van der Waals surface area contributed by atoms with E-state index in [2.05, 4.69) is 78.7 Å². The van der Waals surface area contributed by atoms with Crippen molar-refractivity contribution in [2.24, 2.45) is 4.99 Å². The zero-order chi connectivity index (χ0) is 19.9. The molecule has 6 nitrogen and oxygen atoms in total. The fourth-order valence-electron chi connectivity index (χ4n) is 3.59. The first kappa shape index (κ1) is 23.7. The van der Waals surface area contributed by atoms with Gasteiger partial charge in [0.05, 0.1) is 5.69 Å². The van der Waals surface area contributed by atoms with Crippen molar-refractivity contribution in [2.45, 2.75) is 65.2 Å². The van der Waals surface area contributed by atoms with Crippen LogP contribution in [0.25, 0.3) is 0 Å². The third-order valence-electron chi connectivity index (χ3n) is 5.18. The van der Waals surface area contributed by atoms with Crippen molar-refractivity contribution in [1.29, 1.82) is 0 Å². The Bertz CT molecular complexity index is 762. The number of aliphatic imine (C=N–C) groups is 1. The van der Waals surface area contributed by atoms with Crippen LogP contribution in [0.1, 0.15) is 57.1 Å². The van der Waals surface area contributed by atoms with Crippen LogP contribution in [0.15, 0.2) is 45.9 Å². The van der Waals surface area contributed by atoms with Crippen molar-refractivity contribution in [3.63, 3.8) is 0 Å². The van der Waals surface area contributed by atoms with Gasteiger partial charge in [-0.15, -0.1) is 24.0 Å². The summed E-state index contributed by atoms with van der Waals surface area (Å²) in [6, 6.07) is 13.6. The van der Waals surface area contributed by atoms with Crippen LogP contribution in [-0.4, -0.2) is 41.2 Å². The molecule has 2 heterocycles. The molecule has 1 fully saturated rings. The molecule has 1 aliphatic heterocycles. The van der Waals surface area contributed by atoms with E-state index in [1.807, 2.05) is 6.07 Å². The van der Waals surface area contributed by atoms with Crippen LogP contribution in [0.5, 0.6) is 0 Å². The second-order valence-corrected chi connectivity index (χ2v) is 7.91. The van der Waals surface area contributed by atoms with E-state index < -0.39 is 0 Å². The Morgan fingerprint density at radius 2 is 2.07 bits per heavy atom. The lowest BCUT2D eigenvalue weighted by Gasteiger charge is -2.21. The number of nitrogens with zero attached hydrogens (tertiary/aromatic N) is 3. The molecule has 0 bridgehead atoms. The van der Waals surface area contributed by atoms with Gasteiger partial charge in [-0.1, -0.05) is 49.3 Å². The molecule has 2 atom stereocenters. The Kier molecular flexibility index (Phi) is 9.42. The van der Waals surface area contributed by atoms with Gasteiger partial charge in [0.1, 0.15) is 6.54 Å². The van der Waals surface area contributed by atoms with Crippen molar-refractivity contribution in [3.05, 3.63) is 53.4 Å². The molecule has 1 saturated heterocycles. The highest BCUT2D eigenvalue weighted by atomic mass is 127. The number of hydrogen-bond acceptors (Lipinski definition) is 4. The average Bonchev–Trinajstić information content (AvgIpc) is 3.28. The number of nitrogens with one attached hydrogen (secondary N) is 2. The highest BCUT2D eigenvalue weighted by molar-refractivity contribution is 14.0. The Labute approximate surface area is 191 Å². The van der Waals surface area contributed by atoms with E-state index in [4.69, 9.17) is 9.52 Å². The third-order valence-corrected chi connectivity index (χ3v) is 5.18. The second-order valence-electron chi connectivity index (χ2n) is 7.91. The number of likely N-dealkylation sites (tertiary alicyclic amines) is 1. The molecule has 2 N–H and O–H groups in total. The fraction of sp³-hybridized carbons (Fsp3) is 0.545. The molecule has 0 radical (unpaired) electrons. The van der Waals surface area contributed by atoms with Gasteiger partial charge in [0.25, 0.3) is 0 Å². The molecule has 29 heavy (non-hydrogen) atoms. The van der Waals surface area contributed by atoms with E-state index in [0.717, 1.165) is 43.5 Å². The monoisotopic (exact) mass is 511 g/mol. The van der Waals surface area contributed by atoms with E-state index in [1.165, 1.54) is 5.56 Å². The van der Waals surface area contributed by atoms with Crippen LogP contribution in [0, 0.1) is 0 Å². The zero-order valence-electron chi connectivity index (χ0n) is 17.9. The molecule has 2 aromatic rings. The molecule has 160 valence electrons.